The molecule has 128 valence electrons. The van der Waals surface area contributed by atoms with Crippen LogP contribution in [0, 0.1) is 0 Å². The largest absolute Gasteiger partial charge is 0.444 e. The first-order chi connectivity index (χ1) is 11.4. The molecule has 1 saturated heterocycles. The number of amides is 1. The Morgan fingerprint density at radius 3 is 2.42 bits per heavy atom. The fourth-order valence-corrected chi connectivity index (χ4v) is 2.46. The number of nitrogens with zero attached hydrogens (tertiary/aromatic N) is 4. The Hall–Kier alpha value is -2.57. The quantitative estimate of drug-likeness (QED) is 0.843. The predicted octanol–water partition coefficient (Wildman–Crippen LogP) is 2.79. The molecule has 0 radical (unpaired) electrons. The van der Waals surface area contributed by atoms with Gasteiger partial charge in [-0.05, 0) is 20.8 Å². The molecule has 0 N–H and O–H groups in total. The molecule has 0 bridgehead atoms. The SMILES string of the molecule is CC(C)(C)OC(=O)N1CCN(c2nc(-c3ccccc3)no2)CC1. The lowest BCUT2D eigenvalue weighted by Crippen LogP contribution is -2.50. The van der Waals surface area contributed by atoms with E-state index in [-0.39, 0.29) is 6.09 Å². The molecule has 2 aromatic rings. The third kappa shape index (κ3) is 3.84. The van der Waals surface area contributed by atoms with E-state index in [4.69, 9.17) is 9.26 Å². The molecular formula is C17H22N4O3. The van der Waals surface area contributed by atoms with E-state index in [0.29, 0.717) is 38.0 Å². The average Bonchev–Trinajstić information content (AvgIpc) is 3.04. The molecule has 0 spiro atoms. The van der Waals surface area contributed by atoms with Crippen molar-refractivity contribution < 1.29 is 14.1 Å². The predicted molar refractivity (Wildman–Crippen MR) is 89.8 cm³/mol. The van der Waals surface area contributed by atoms with E-state index in [0.717, 1.165) is 5.56 Å². The smallest absolute Gasteiger partial charge is 0.410 e. The molecule has 1 aromatic heterocycles. The zero-order chi connectivity index (χ0) is 17.2. The summed E-state index contributed by atoms with van der Waals surface area (Å²) in [5.74, 6) is 0.570. The topological polar surface area (TPSA) is 71.7 Å². The summed E-state index contributed by atoms with van der Waals surface area (Å²) in [5, 5.41) is 4.03. The molecule has 0 aliphatic carbocycles. The van der Waals surface area contributed by atoms with Gasteiger partial charge in [-0.25, -0.2) is 4.79 Å². The number of carbonyl (C=O) groups excluding carboxylic acids is 1. The van der Waals surface area contributed by atoms with E-state index in [1.54, 1.807) is 4.90 Å². The number of benzene rings is 1. The monoisotopic (exact) mass is 330 g/mol. The standard InChI is InChI=1S/C17H22N4O3/c1-17(2,3)23-16(22)21-11-9-20(10-12-21)15-18-14(19-24-15)13-7-5-4-6-8-13/h4-8H,9-12H2,1-3H3. The summed E-state index contributed by atoms with van der Waals surface area (Å²) in [6, 6.07) is 10.2. The summed E-state index contributed by atoms with van der Waals surface area (Å²) in [6.07, 6.45) is -0.280. The molecule has 1 aliphatic heterocycles. The van der Waals surface area contributed by atoms with Gasteiger partial charge in [0.25, 0.3) is 0 Å². The first kappa shape index (κ1) is 16.3. The molecule has 1 aliphatic rings. The molecular weight excluding hydrogens is 308 g/mol. The van der Waals surface area contributed by atoms with E-state index in [1.165, 1.54) is 0 Å². The van der Waals surface area contributed by atoms with E-state index in [9.17, 15) is 4.79 Å². The molecule has 24 heavy (non-hydrogen) atoms. The number of piperazine rings is 1. The summed E-state index contributed by atoms with van der Waals surface area (Å²) in [4.78, 5) is 20.2. The van der Waals surface area contributed by atoms with Crippen LogP contribution in [0.1, 0.15) is 20.8 Å². The molecule has 0 unspecified atom stereocenters. The highest BCUT2D eigenvalue weighted by Crippen LogP contribution is 2.21. The summed E-state index contributed by atoms with van der Waals surface area (Å²) in [5.41, 5.74) is 0.436. The van der Waals surface area contributed by atoms with Crippen LogP contribution in [-0.2, 0) is 4.74 Å². The minimum atomic E-state index is -0.481. The molecule has 0 atom stereocenters. The maximum atomic E-state index is 12.1. The second-order valence-electron chi connectivity index (χ2n) is 6.72. The van der Waals surface area contributed by atoms with Gasteiger partial charge in [-0.2, -0.15) is 4.98 Å². The zero-order valence-corrected chi connectivity index (χ0v) is 14.2. The van der Waals surface area contributed by atoms with Gasteiger partial charge in [0.05, 0.1) is 0 Å². The van der Waals surface area contributed by atoms with Crippen molar-refractivity contribution in [2.24, 2.45) is 0 Å². The maximum Gasteiger partial charge on any atom is 0.410 e. The Balaban J connectivity index is 1.59. The second-order valence-corrected chi connectivity index (χ2v) is 6.72. The van der Waals surface area contributed by atoms with Crippen molar-refractivity contribution >= 4 is 12.1 Å². The fourth-order valence-electron chi connectivity index (χ4n) is 2.46. The van der Waals surface area contributed by atoms with Crippen molar-refractivity contribution in [1.29, 1.82) is 0 Å². The van der Waals surface area contributed by atoms with Gasteiger partial charge in [-0.1, -0.05) is 35.5 Å². The Morgan fingerprint density at radius 2 is 1.79 bits per heavy atom. The van der Waals surface area contributed by atoms with E-state index < -0.39 is 5.60 Å². The molecule has 1 aromatic carbocycles. The maximum absolute atomic E-state index is 12.1. The highest BCUT2D eigenvalue weighted by molar-refractivity contribution is 5.68. The normalized spacial score (nSPS) is 15.5. The van der Waals surface area contributed by atoms with Crippen molar-refractivity contribution in [2.75, 3.05) is 31.1 Å². The van der Waals surface area contributed by atoms with Crippen LogP contribution in [0.25, 0.3) is 11.4 Å². The van der Waals surface area contributed by atoms with Gasteiger partial charge in [0.2, 0.25) is 5.82 Å². The third-order valence-electron chi connectivity index (χ3n) is 3.65. The van der Waals surface area contributed by atoms with Crippen LogP contribution in [0.3, 0.4) is 0 Å². The lowest BCUT2D eigenvalue weighted by Gasteiger charge is -2.34. The number of ether oxygens (including phenoxy) is 1. The van der Waals surface area contributed by atoms with E-state index in [1.807, 2.05) is 56.0 Å². The first-order valence-corrected chi connectivity index (χ1v) is 8.04. The number of hydrogen-bond acceptors (Lipinski definition) is 6. The van der Waals surface area contributed by atoms with Crippen molar-refractivity contribution in [3.05, 3.63) is 30.3 Å². The van der Waals surface area contributed by atoms with Crippen LogP contribution >= 0.6 is 0 Å². The molecule has 7 nitrogen and oxygen atoms in total. The molecule has 1 fully saturated rings. The van der Waals surface area contributed by atoms with E-state index >= 15 is 0 Å². The average molecular weight is 330 g/mol. The molecule has 2 heterocycles. The number of hydrogen-bond donors (Lipinski definition) is 0. The van der Waals surface area contributed by atoms with Crippen molar-refractivity contribution in [3.63, 3.8) is 0 Å². The highest BCUT2D eigenvalue weighted by atomic mass is 16.6. The number of aromatic nitrogens is 2. The number of carbonyl (C=O) groups is 1. The van der Waals surface area contributed by atoms with Gasteiger partial charge in [0, 0.05) is 31.7 Å². The van der Waals surface area contributed by atoms with Gasteiger partial charge >= 0.3 is 12.1 Å². The van der Waals surface area contributed by atoms with E-state index in [2.05, 4.69) is 10.1 Å². The second kappa shape index (κ2) is 6.51. The molecule has 3 rings (SSSR count). The third-order valence-corrected chi connectivity index (χ3v) is 3.65. The Labute approximate surface area is 141 Å². The van der Waals surface area contributed by atoms with Gasteiger partial charge in [-0.15, -0.1) is 0 Å². The Bertz CT molecular complexity index is 685. The van der Waals surface area contributed by atoms with Crippen LogP contribution < -0.4 is 4.90 Å². The van der Waals surface area contributed by atoms with Crippen molar-refractivity contribution in [3.8, 4) is 11.4 Å². The lowest BCUT2D eigenvalue weighted by atomic mass is 10.2. The van der Waals surface area contributed by atoms with Crippen LogP contribution in [-0.4, -0.2) is 52.9 Å². The summed E-state index contributed by atoms with van der Waals surface area (Å²) >= 11 is 0. The van der Waals surface area contributed by atoms with Crippen LogP contribution in [0.5, 0.6) is 0 Å². The lowest BCUT2D eigenvalue weighted by molar-refractivity contribution is 0.0238. The minimum absolute atomic E-state index is 0.280. The summed E-state index contributed by atoms with van der Waals surface area (Å²) in [7, 11) is 0. The van der Waals surface area contributed by atoms with Gasteiger partial charge < -0.3 is 19.1 Å². The van der Waals surface area contributed by atoms with Crippen LogP contribution in [0.4, 0.5) is 10.8 Å². The Kier molecular flexibility index (Phi) is 4.42. The number of anilines is 1. The first-order valence-electron chi connectivity index (χ1n) is 8.04. The van der Waals surface area contributed by atoms with Crippen molar-refractivity contribution in [2.45, 2.75) is 26.4 Å². The Morgan fingerprint density at radius 1 is 1.12 bits per heavy atom. The van der Waals surface area contributed by atoms with Crippen LogP contribution in [0.15, 0.2) is 34.9 Å². The highest BCUT2D eigenvalue weighted by Gasteiger charge is 2.27. The zero-order valence-electron chi connectivity index (χ0n) is 14.2. The van der Waals surface area contributed by atoms with Crippen molar-refractivity contribution in [1.82, 2.24) is 15.0 Å². The number of rotatable bonds is 2. The molecule has 0 saturated carbocycles. The van der Waals surface area contributed by atoms with Gasteiger partial charge in [0.15, 0.2) is 0 Å². The minimum Gasteiger partial charge on any atom is -0.444 e. The summed E-state index contributed by atoms with van der Waals surface area (Å²) in [6.45, 7) is 8.00. The summed E-state index contributed by atoms with van der Waals surface area (Å²) < 4.78 is 10.8. The molecule has 1 amide bonds. The van der Waals surface area contributed by atoms with Gasteiger partial charge in [0.1, 0.15) is 5.60 Å². The van der Waals surface area contributed by atoms with Gasteiger partial charge in [-0.3, -0.25) is 0 Å². The fraction of sp³-hybridized carbons (Fsp3) is 0.471. The molecule has 7 heteroatoms. The van der Waals surface area contributed by atoms with Crippen LogP contribution in [0.2, 0.25) is 0 Å².